The Morgan fingerprint density at radius 2 is 2.14 bits per heavy atom. The number of rotatable bonds is 2. The molecule has 2 heterocycles. The fourth-order valence-electron chi connectivity index (χ4n) is 3.01. The Bertz CT molecular complexity index is 756. The maximum Gasteiger partial charge on any atom is 0.258 e. The van der Waals surface area contributed by atoms with Crippen LogP contribution < -0.4 is 5.32 Å². The Labute approximate surface area is 122 Å². The van der Waals surface area contributed by atoms with Crippen LogP contribution in [0.2, 0.25) is 0 Å². The van der Waals surface area contributed by atoms with Crippen LogP contribution in [0.3, 0.4) is 0 Å². The summed E-state index contributed by atoms with van der Waals surface area (Å²) in [6, 6.07) is 8.06. The molecule has 4 rings (SSSR count). The molecule has 1 aromatic heterocycles. The lowest BCUT2D eigenvalue weighted by atomic mass is 9.92. The molecule has 1 aliphatic heterocycles. The maximum atomic E-state index is 12.5. The summed E-state index contributed by atoms with van der Waals surface area (Å²) in [6.07, 6.45) is 3.68. The zero-order chi connectivity index (χ0) is 14.4. The lowest BCUT2D eigenvalue weighted by Gasteiger charge is -2.27. The van der Waals surface area contributed by atoms with Crippen molar-refractivity contribution in [3.8, 4) is 0 Å². The summed E-state index contributed by atoms with van der Waals surface area (Å²) in [4.78, 5) is 17.0. The van der Waals surface area contributed by atoms with Gasteiger partial charge in [-0.15, -0.1) is 0 Å². The summed E-state index contributed by atoms with van der Waals surface area (Å²) in [5.74, 6) is 0.528. The first-order valence-corrected chi connectivity index (χ1v) is 7.42. The van der Waals surface area contributed by atoms with Crippen LogP contribution in [-0.2, 0) is 11.3 Å². The summed E-state index contributed by atoms with van der Waals surface area (Å²) < 4.78 is 2.02. The lowest BCUT2D eigenvalue weighted by Crippen LogP contribution is -2.40. The quantitative estimate of drug-likeness (QED) is 0.889. The molecule has 2 aromatic rings. The number of fused-ring (bicyclic) bond motifs is 3. The van der Waals surface area contributed by atoms with E-state index in [2.05, 4.69) is 10.3 Å². The molecule has 5 nitrogen and oxygen atoms in total. The second-order valence-corrected chi connectivity index (χ2v) is 5.75. The van der Waals surface area contributed by atoms with Gasteiger partial charge in [0.15, 0.2) is 0 Å². The number of carbonyl (C=O) groups excluding carboxylic acids is 1. The Morgan fingerprint density at radius 3 is 2.90 bits per heavy atom. The fraction of sp³-hybridized carbons (Fsp3) is 0.375. The highest BCUT2D eigenvalue weighted by molar-refractivity contribution is 6.20. The monoisotopic (exact) mass is 283 g/mol. The molecule has 108 valence electrons. The molecule has 1 fully saturated rings. The number of aliphatic hydroxyl groups is 1. The van der Waals surface area contributed by atoms with Gasteiger partial charge in [-0.1, -0.05) is 12.1 Å². The first-order valence-electron chi connectivity index (χ1n) is 7.42. The zero-order valence-corrected chi connectivity index (χ0v) is 11.7. The summed E-state index contributed by atoms with van der Waals surface area (Å²) in [5.41, 5.74) is 2.20. The van der Waals surface area contributed by atoms with E-state index >= 15 is 0 Å². The minimum atomic E-state index is -0.201. The van der Waals surface area contributed by atoms with Gasteiger partial charge in [0.05, 0.1) is 11.0 Å². The zero-order valence-electron chi connectivity index (χ0n) is 11.7. The first-order chi connectivity index (χ1) is 10.2. The lowest BCUT2D eigenvalue weighted by molar-refractivity contribution is -0.117. The van der Waals surface area contributed by atoms with Crippen LogP contribution in [0.1, 0.15) is 31.5 Å². The highest BCUT2D eigenvalue weighted by Crippen LogP contribution is 2.30. The number of aromatic nitrogens is 2. The first kappa shape index (κ1) is 12.4. The van der Waals surface area contributed by atoms with E-state index in [1.54, 1.807) is 0 Å². The summed E-state index contributed by atoms with van der Waals surface area (Å²) in [6.45, 7) is 0.655. The van der Waals surface area contributed by atoms with Crippen LogP contribution in [0.4, 0.5) is 0 Å². The van der Waals surface area contributed by atoms with Gasteiger partial charge < -0.3 is 15.0 Å². The minimum Gasteiger partial charge on any atom is -0.511 e. The molecule has 0 saturated heterocycles. The molecule has 2 N–H and O–H groups in total. The third-order valence-electron chi connectivity index (χ3n) is 4.41. The number of aliphatic hydroxyl groups excluding tert-OH is 1. The van der Waals surface area contributed by atoms with Gasteiger partial charge in [0.25, 0.3) is 5.91 Å². The van der Waals surface area contributed by atoms with Crippen LogP contribution in [-0.4, -0.2) is 26.6 Å². The molecule has 1 amide bonds. The Kier molecular flexibility index (Phi) is 2.74. The molecule has 1 aromatic carbocycles. The number of nitrogens with one attached hydrogen (secondary N) is 1. The van der Waals surface area contributed by atoms with E-state index in [-0.39, 0.29) is 17.7 Å². The number of benzene rings is 1. The van der Waals surface area contributed by atoms with E-state index in [1.807, 2.05) is 28.8 Å². The van der Waals surface area contributed by atoms with Crippen molar-refractivity contribution in [2.24, 2.45) is 0 Å². The molecule has 2 aliphatic rings. The minimum absolute atomic E-state index is 0.148. The number of carbonyl (C=O) groups is 1. The molecular weight excluding hydrogens is 266 g/mol. The molecule has 5 heteroatoms. The third-order valence-corrected chi connectivity index (χ3v) is 4.41. The summed E-state index contributed by atoms with van der Waals surface area (Å²) in [5, 5.41) is 13.2. The second kappa shape index (κ2) is 4.62. The maximum absolute atomic E-state index is 12.5. The smallest absolute Gasteiger partial charge is 0.258 e. The molecule has 0 bridgehead atoms. The van der Waals surface area contributed by atoms with Crippen LogP contribution in [0, 0.1) is 0 Å². The van der Waals surface area contributed by atoms with Gasteiger partial charge in [-0.25, -0.2) is 4.98 Å². The van der Waals surface area contributed by atoms with Crippen molar-refractivity contribution >= 4 is 22.5 Å². The molecule has 0 radical (unpaired) electrons. The van der Waals surface area contributed by atoms with Crippen molar-refractivity contribution in [1.82, 2.24) is 14.9 Å². The van der Waals surface area contributed by atoms with Crippen molar-refractivity contribution in [3.63, 3.8) is 0 Å². The van der Waals surface area contributed by atoms with Crippen LogP contribution in [0.15, 0.2) is 30.0 Å². The number of amides is 1. The van der Waals surface area contributed by atoms with Gasteiger partial charge in [0, 0.05) is 19.0 Å². The normalized spacial score (nSPS) is 18.5. The summed E-state index contributed by atoms with van der Waals surface area (Å²) >= 11 is 0. The average Bonchev–Trinajstić information content (AvgIpc) is 2.80. The largest absolute Gasteiger partial charge is 0.511 e. The van der Waals surface area contributed by atoms with Gasteiger partial charge >= 0.3 is 0 Å². The van der Waals surface area contributed by atoms with Crippen molar-refractivity contribution in [3.05, 3.63) is 35.8 Å². The molecule has 21 heavy (non-hydrogen) atoms. The molecular formula is C16H17N3O2. The second-order valence-electron chi connectivity index (χ2n) is 5.75. The van der Waals surface area contributed by atoms with Crippen molar-refractivity contribution in [1.29, 1.82) is 0 Å². The number of para-hydroxylation sites is 2. The van der Waals surface area contributed by atoms with Crippen molar-refractivity contribution in [2.75, 3.05) is 0 Å². The predicted octanol–water partition coefficient (Wildman–Crippen LogP) is 2.38. The standard InChI is InChI=1S/C16H17N3O2/c20-13-8-9-19-12-7-2-1-6-11(12)18-15(19)14(13)16(21)17-10-4-3-5-10/h1-2,6-7,10,20H,3-5,8-9H2,(H,17,21). The highest BCUT2D eigenvalue weighted by Gasteiger charge is 2.30. The van der Waals surface area contributed by atoms with Crippen molar-refractivity contribution in [2.45, 2.75) is 38.3 Å². The van der Waals surface area contributed by atoms with Gasteiger partial charge in [0.1, 0.15) is 17.2 Å². The van der Waals surface area contributed by atoms with E-state index in [9.17, 15) is 9.90 Å². The van der Waals surface area contributed by atoms with Gasteiger partial charge in [0.2, 0.25) is 0 Å². The number of hydrogen-bond acceptors (Lipinski definition) is 3. The van der Waals surface area contributed by atoms with E-state index in [0.29, 0.717) is 24.4 Å². The molecule has 1 aliphatic carbocycles. The Hall–Kier alpha value is -2.30. The van der Waals surface area contributed by atoms with E-state index in [1.165, 1.54) is 0 Å². The molecule has 0 spiro atoms. The number of hydrogen-bond donors (Lipinski definition) is 2. The molecule has 0 unspecified atom stereocenters. The summed E-state index contributed by atoms with van der Waals surface area (Å²) in [7, 11) is 0. The average molecular weight is 283 g/mol. The topological polar surface area (TPSA) is 67.2 Å². The number of aryl methyl sites for hydroxylation is 1. The van der Waals surface area contributed by atoms with Crippen LogP contribution >= 0.6 is 0 Å². The Balaban J connectivity index is 1.78. The van der Waals surface area contributed by atoms with Gasteiger partial charge in [-0.05, 0) is 31.4 Å². The van der Waals surface area contributed by atoms with Crippen molar-refractivity contribution < 1.29 is 9.90 Å². The van der Waals surface area contributed by atoms with Gasteiger partial charge in [-0.3, -0.25) is 4.79 Å². The van der Waals surface area contributed by atoms with Crippen LogP contribution in [0.5, 0.6) is 0 Å². The number of imidazole rings is 1. The van der Waals surface area contributed by atoms with Crippen LogP contribution in [0.25, 0.3) is 16.6 Å². The SMILES string of the molecule is O=C(NC1CCC1)C1=C(O)CCn2c1nc1ccccc12. The number of nitrogens with zero attached hydrogens (tertiary/aromatic N) is 2. The third kappa shape index (κ3) is 1.92. The van der Waals surface area contributed by atoms with E-state index in [4.69, 9.17) is 0 Å². The Morgan fingerprint density at radius 1 is 1.33 bits per heavy atom. The predicted molar refractivity (Wildman–Crippen MR) is 79.7 cm³/mol. The van der Waals surface area contributed by atoms with E-state index < -0.39 is 0 Å². The molecule has 0 atom stereocenters. The highest BCUT2D eigenvalue weighted by atomic mass is 16.3. The number of allylic oxidation sites excluding steroid dienone is 1. The van der Waals surface area contributed by atoms with E-state index in [0.717, 1.165) is 30.3 Å². The van der Waals surface area contributed by atoms with Gasteiger partial charge in [-0.2, -0.15) is 0 Å². The molecule has 1 saturated carbocycles. The fourth-order valence-corrected chi connectivity index (χ4v) is 3.01.